The molecule has 5 heteroatoms. The van der Waals surface area contributed by atoms with E-state index in [2.05, 4.69) is 6.07 Å². The molecule has 98 valence electrons. The highest BCUT2D eigenvalue weighted by molar-refractivity contribution is 7.87. The van der Waals surface area contributed by atoms with E-state index in [0.717, 1.165) is 11.1 Å². The third-order valence-corrected chi connectivity index (χ3v) is 5.87. The topological polar surface area (TPSA) is 40.9 Å². The minimum Gasteiger partial charge on any atom is -0.253 e. The molecule has 1 atom stereocenters. The molecule has 2 rings (SSSR count). The number of nitrogens with zero attached hydrogens (tertiary/aromatic N) is 1. The zero-order valence-electron chi connectivity index (χ0n) is 10.5. The summed E-state index contributed by atoms with van der Waals surface area (Å²) in [7, 11) is -1.13. The van der Waals surface area contributed by atoms with Crippen molar-refractivity contribution in [1.82, 2.24) is 0 Å². The van der Waals surface area contributed by atoms with Crippen molar-refractivity contribution in [2.75, 3.05) is 0 Å². The molecule has 0 radical (unpaired) electrons. The summed E-state index contributed by atoms with van der Waals surface area (Å²) >= 11 is 7.24. The molecule has 0 aliphatic heterocycles. The van der Waals surface area contributed by atoms with E-state index in [4.69, 9.17) is 11.6 Å². The van der Waals surface area contributed by atoms with Crippen molar-refractivity contribution in [3.63, 3.8) is 0 Å². The number of rotatable bonds is 3. The SMILES string of the molecule is CC(C)S(=O)c1scc(-c2ccc(Cl)cc2)c1C#N. The highest BCUT2D eigenvalue weighted by Gasteiger charge is 2.19. The molecular formula is C14H12ClNOS2. The Labute approximate surface area is 124 Å². The van der Waals surface area contributed by atoms with Gasteiger partial charge in [-0.2, -0.15) is 5.26 Å². The van der Waals surface area contributed by atoms with Gasteiger partial charge in [0.25, 0.3) is 0 Å². The van der Waals surface area contributed by atoms with Crippen molar-refractivity contribution in [2.45, 2.75) is 23.3 Å². The Morgan fingerprint density at radius 3 is 2.47 bits per heavy atom. The van der Waals surface area contributed by atoms with Gasteiger partial charge in [-0.1, -0.05) is 37.6 Å². The maximum atomic E-state index is 12.2. The minimum atomic E-state index is -1.13. The summed E-state index contributed by atoms with van der Waals surface area (Å²) in [5.74, 6) is 0. The highest BCUT2D eigenvalue weighted by Crippen LogP contribution is 2.34. The van der Waals surface area contributed by atoms with Crippen LogP contribution >= 0.6 is 22.9 Å². The van der Waals surface area contributed by atoms with Gasteiger partial charge in [-0.3, -0.25) is 4.21 Å². The Morgan fingerprint density at radius 2 is 1.95 bits per heavy atom. The fourth-order valence-electron chi connectivity index (χ4n) is 1.65. The molecule has 0 aliphatic carbocycles. The summed E-state index contributed by atoms with van der Waals surface area (Å²) in [6, 6.07) is 9.49. The van der Waals surface area contributed by atoms with Crippen molar-refractivity contribution in [3.8, 4) is 17.2 Å². The van der Waals surface area contributed by atoms with Crippen LogP contribution in [0.15, 0.2) is 33.9 Å². The second-order valence-electron chi connectivity index (χ2n) is 4.28. The fraction of sp³-hybridized carbons (Fsp3) is 0.214. The van der Waals surface area contributed by atoms with Crippen LogP contribution in [0.25, 0.3) is 11.1 Å². The van der Waals surface area contributed by atoms with Crippen LogP contribution in [0.5, 0.6) is 0 Å². The number of nitriles is 1. The van der Waals surface area contributed by atoms with Gasteiger partial charge in [-0.25, -0.2) is 0 Å². The lowest BCUT2D eigenvalue weighted by Gasteiger charge is -2.04. The van der Waals surface area contributed by atoms with E-state index in [1.807, 2.05) is 31.4 Å². The first kappa shape index (κ1) is 14.3. The molecule has 1 aromatic heterocycles. The number of halogens is 1. The summed E-state index contributed by atoms with van der Waals surface area (Å²) in [5.41, 5.74) is 2.26. The van der Waals surface area contributed by atoms with Crippen LogP contribution in [0.1, 0.15) is 19.4 Å². The fourth-order valence-corrected chi connectivity index (χ4v) is 4.41. The van der Waals surface area contributed by atoms with Crippen molar-refractivity contribution in [2.24, 2.45) is 0 Å². The van der Waals surface area contributed by atoms with E-state index in [-0.39, 0.29) is 5.25 Å². The van der Waals surface area contributed by atoms with Crippen LogP contribution in [-0.4, -0.2) is 9.46 Å². The molecule has 19 heavy (non-hydrogen) atoms. The first-order valence-corrected chi connectivity index (χ1v) is 8.19. The second-order valence-corrected chi connectivity index (χ2v) is 7.80. The van der Waals surface area contributed by atoms with Gasteiger partial charge in [0, 0.05) is 21.2 Å². The van der Waals surface area contributed by atoms with Crippen molar-refractivity contribution in [3.05, 3.63) is 40.2 Å². The van der Waals surface area contributed by atoms with Gasteiger partial charge >= 0.3 is 0 Å². The molecule has 0 saturated carbocycles. The van der Waals surface area contributed by atoms with Gasteiger partial charge in [0.1, 0.15) is 10.3 Å². The van der Waals surface area contributed by atoms with Crippen molar-refractivity contribution in [1.29, 1.82) is 5.26 Å². The molecule has 0 N–H and O–H groups in total. The van der Waals surface area contributed by atoms with Crippen molar-refractivity contribution < 1.29 is 4.21 Å². The van der Waals surface area contributed by atoms with E-state index in [1.54, 1.807) is 12.1 Å². The first-order chi connectivity index (χ1) is 9.04. The quantitative estimate of drug-likeness (QED) is 0.840. The molecule has 0 amide bonds. The van der Waals surface area contributed by atoms with Gasteiger partial charge < -0.3 is 0 Å². The largest absolute Gasteiger partial charge is 0.253 e. The third kappa shape index (κ3) is 2.89. The van der Waals surface area contributed by atoms with Gasteiger partial charge in [-0.15, -0.1) is 11.3 Å². The van der Waals surface area contributed by atoms with Crippen LogP contribution in [0.4, 0.5) is 0 Å². The molecule has 0 aliphatic rings. The highest BCUT2D eigenvalue weighted by atomic mass is 35.5. The smallest absolute Gasteiger partial charge is 0.110 e. The van der Waals surface area contributed by atoms with Crippen LogP contribution in [0.3, 0.4) is 0 Å². The molecule has 0 spiro atoms. The molecule has 2 aromatic rings. The lowest BCUT2D eigenvalue weighted by Crippen LogP contribution is -2.05. The van der Waals surface area contributed by atoms with Crippen LogP contribution < -0.4 is 0 Å². The number of benzene rings is 1. The van der Waals surface area contributed by atoms with E-state index in [1.165, 1.54) is 11.3 Å². The molecule has 0 saturated heterocycles. The lowest BCUT2D eigenvalue weighted by atomic mass is 10.1. The Balaban J connectivity index is 2.52. The summed E-state index contributed by atoms with van der Waals surface area (Å²) in [4.78, 5) is 0. The van der Waals surface area contributed by atoms with E-state index < -0.39 is 10.8 Å². The maximum Gasteiger partial charge on any atom is 0.110 e. The summed E-state index contributed by atoms with van der Waals surface area (Å²) < 4.78 is 12.8. The third-order valence-electron chi connectivity index (χ3n) is 2.64. The first-order valence-electron chi connectivity index (χ1n) is 5.72. The number of thiophene rings is 1. The van der Waals surface area contributed by atoms with Gasteiger partial charge in [0.05, 0.1) is 16.4 Å². The zero-order valence-corrected chi connectivity index (χ0v) is 12.9. The predicted octanol–water partition coefficient (Wildman–Crippen LogP) is 4.46. The average molecular weight is 310 g/mol. The van der Waals surface area contributed by atoms with Crippen LogP contribution in [-0.2, 0) is 10.8 Å². The van der Waals surface area contributed by atoms with E-state index in [0.29, 0.717) is 14.8 Å². The Hall–Kier alpha value is -1.15. The molecule has 1 heterocycles. The van der Waals surface area contributed by atoms with E-state index >= 15 is 0 Å². The predicted molar refractivity (Wildman–Crippen MR) is 81.0 cm³/mol. The Kier molecular flexibility index (Phi) is 4.41. The van der Waals surface area contributed by atoms with Crippen LogP contribution in [0, 0.1) is 11.3 Å². The van der Waals surface area contributed by atoms with E-state index in [9.17, 15) is 9.47 Å². The molecule has 0 fully saturated rings. The van der Waals surface area contributed by atoms with Crippen LogP contribution in [0.2, 0.25) is 5.02 Å². The molecule has 0 bridgehead atoms. The van der Waals surface area contributed by atoms with Gasteiger partial charge in [-0.05, 0) is 17.7 Å². The second kappa shape index (κ2) is 5.87. The molecule has 1 unspecified atom stereocenters. The molecule has 2 nitrogen and oxygen atoms in total. The lowest BCUT2D eigenvalue weighted by molar-refractivity contribution is 0.678. The zero-order chi connectivity index (χ0) is 14.0. The van der Waals surface area contributed by atoms with Crippen molar-refractivity contribution >= 4 is 33.7 Å². The average Bonchev–Trinajstić information content (AvgIpc) is 2.82. The summed E-state index contributed by atoms with van der Waals surface area (Å²) in [6.45, 7) is 3.78. The van der Waals surface area contributed by atoms with Gasteiger partial charge in [0.2, 0.25) is 0 Å². The standard InChI is InChI=1S/C14H12ClNOS2/c1-9(2)19(17)14-12(7-16)13(8-18-14)10-3-5-11(15)6-4-10/h3-6,8-9H,1-2H3. The Morgan fingerprint density at radius 1 is 1.32 bits per heavy atom. The molecular weight excluding hydrogens is 298 g/mol. The Bertz CT molecular complexity index is 653. The molecule has 1 aromatic carbocycles. The summed E-state index contributed by atoms with van der Waals surface area (Å²) in [5, 5.41) is 11.9. The normalized spacial score (nSPS) is 12.4. The summed E-state index contributed by atoms with van der Waals surface area (Å²) in [6.07, 6.45) is 0. The number of hydrogen-bond acceptors (Lipinski definition) is 3. The maximum absolute atomic E-state index is 12.2. The monoisotopic (exact) mass is 309 g/mol. The van der Waals surface area contributed by atoms with Gasteiger partial charge in [0.15, 0.2) is 0 Å². The number of hydrogen-bond donors (Lipinski definition) is 0. The minimum absolute atomic E-state index is 0.00354.